The highest BCUT2D eigenvalue weighted by molar-refractivity contribution is 6.10. The summed E-state index contributed by atoms with van der Waals surface area (Å²) < 4.78 is 6.42. The molecule has 264 valence electrons. The van der Waals surface area contributed by atoms with Gasteiger partial charge in [0.2, 0.25) is 0 Å². The number of pyridine rings is 1. The summed E-state index contributed by atoms with van der Waals surface area (Å²) in [6, 6.07) is 56.3. The molecule has 0 aliphatic heterocycles. The van der Waals surface area contributed by atoms with Crippen molar-refractivity contribution in [3.05, 3.63) is 205 Å². The van der Waals surface area contributed by atoms with Gasteiger partial charge in [-0.05, 0) is 76.0 Å². The van der Waals surface area contributed by atoms with Crippen molar-refractivity contribution in [2.75, 3.05) is 0 Å². The lowest BCUT2D eigenvalue weighted by Crippen LogP contribution is -2.03. The number of furan rings is 1. The van der Waals surface area contributed by atoms with Crippen molar-refractivity contribution in [2.45, 2.75) is 0 Å². The Bertz CT molecular complexity index is 3380. The Morgan fingerprint density at radius 2 is 1.19 bits per heavy atom. The van der Waals surface area contributed by atoms with Crippen molar-refractivity contribution >= 4 is 54.8 Å². The number of hydrogen-bond acceptors (Lipinski definition) is 5. The van der Waals surface area contributed by atoms with Crippen LogP contribution in [0.25, 0.3) is 99.8 Å². The maximum atomic E-state index is 6.42. The minimum Gasteiger partial charge on any atom is -0.455 e. The smallest absolute Gasteiger partial charge is 0.164 e. The molecular formula is C52H30N4O. The molecule has 0 saturated carbocycles. The van der Waals surface area contributed by atoms with Gasteiger partial charge >= 0.3 is 0 Å². The molecule has 5 heteroatoms. The van der Waals surface area contributed by atoms with Gasteiger partial charge in [0, 0.05) is 55.8 Å². The first-order valence-corrected chi connectivity index (χ1v) is 18.9. The third-order valence-corrected chi connectivity index (χ3v) is 10.6. The van der Waals surface area contributed by atoms with Crippen molar-refractivity contribution in [1.82, 2.24) is 19.9 Å². The van der Waals surface area contributed by atoms with E-state index in [0.717, 1.165) is 93.7 Å². The largest absolute Gasteiger partial charge is 0.455 e. The van der Waals surface area contributed by atoms with Gasteiger partial charge < -0.3 is 4.42 Å². The molecule has 7 aromatic carbocycles. The number of hydrogen-bond donors (Lipinski definition) is 0. The Labute approximate surface area is 328 Å². The zero-order chi connectivity index (χ0) is 37.7. The van der Waals surface area contributed by atoms with Crippen LogP contribution in [0.4, 0.5) is 0 Å². The zero-order valence-electron chi connectivity index (χ0n) is 30.5. The molecule has 11 rings (SSSR count). The van der Waals surface area contributed by atoms with E-state index in [1.807, 2.05) is 72.9 Å². The molecule has 1 aliphatic carbocycles. The van der Waals surface area contributed by atoms with E-state index >= 15 is 0 Å². The van der Waals surface area contributed by atoms with Crippen LogP contribution >= 0.6 is 0 Å². The van der Waals surface area contributed by atoms with E-state index in [1.165, 1.54) is 0 Å². The van der Waals surface area contributed by atoms with E-state index in [0.29, 0.717) is 17.5 Å². The van der Waals surface area contributed by atoms with Crippen molar-refractivity contribution in [2.24, 2.45) is 0 Å². The molecule has 10 aromatic rings. The van der Waals surface area contributed by atoms with Gasteiger partial charge in [0.25, 0.3) is 0 Å². The average molecular weight is 727 g/mol. The van der Waals surface area contributed by atoms with E-state index in [2.05, 4.69) is 121 Å². The second-order valence-corrected chi connectivity index (χ2v) is 14.1. The van der Waals surface area contributed by atoms with E-state index in [9.17, 15) is 0 Å². The molecule has 0 unspecified atom stereocenters. The fraction of sp³-hybridized carbons (Fsp3) is 0. The lowest BCUT2D eigenvalue weighted by molar-refractivity contribution is 0.670. The predicted molar refractivity (Wildman–Crippen MR) is 231 cm³/mol. The first-order chi connectivity index (χ1) is 28.2. The molecule has 0 N–H and O–H groups in total. The molecule has 0 spiro atoms. The van der Waals surface area contributed by atoms with Crippen molar-refractivity contribution < 1.29 is 4.42 Å². The van der Waals surface area contributed by atoms with Crippen LogP contribution < -0.4 is 0 Å². The second-order valence-electron chi connectivity index (χ2n) is 14.1. The first-order valence-electron chi connectivity index (χ1n) is 18.9. The summed E-state index contributed by atoms with van der Waals surface area (Å²) in [6.07, 6.45) is 5.82. The maximum absolute atomic E-state index is 6.42. The standard InChI is InChI=1S/C52H30N4O/c1-2-13-34(14-3-1)50-54-51(56-52(55-50)40-26-25-33-12-4-5-15-35(33)29-40)39-19-9-18-38(30-39)46-31-41(32-47-43(46)23-11-27-53-47)36-16-8-17-37(28-36)42-21-10-22-45-44-20-6-7-24-48(44)57-49(42)45/h1-8,10-17,19-32H. The Morgan fingerprint density at radius 1 is 0.456 bits per heavy atom. The molecule has 0 fully saturated rings. The van der Waals surface area contributed by atoms with Crippen LogP contribution in [0.1, 0.15) is 11.4 Å². The summed E-state index contributed by atoms with van der Waals surface area (Å²) in [4.78, 5) is 19.9. The number of fused-ring (bicyclic) bond motifs is 5. The third-order valence-electron chi connectivity index (χ3n) is 10.6. The number of benzene rings is 7. The quantitative estimate of drug-likeness (QED) is 0.160. The lowest BCUT2D eigenvalue weighted by Gasteiger charge is -2.13. The van der Waals surface area contributed by atoms with Gasteiger partial charge in [-0.25, -0.2) is 15.0 Å². The SMILES string of the molecule is C1=C=C(c2cc(-c3cccc(-c4cccc5c4oc4ccccc45)c3)cc3ncccc23)C=C(c2nc(-c3ccccc3)nc(-c3ccc4ccccc4c3)n2)C=1. The number of rotatable bonds is 6. The van der Waals surface area contributed by atoms with Crippen LogP contribution in [0, 0.1) is 0 Å². The van der Waals surface area contributed by atoms with Crippen LogP contribution in [0.15, 0.2) is 198 Å². The minimum atomic E-state index is 0.560. The van der Waals surface area contributed by atoms with Crippen LogP contribution in [0.5, 0.6) is 0 Å². The molecule has 0 radical (unpaired) electrons. The third kappa shape index (κ3) is 5.85. The van der Waals surface area contributed by atoms with E-state index in [1.54, 1.807) is 0 Å². The molecule has 0 saturated heterocycles. The topological polar surface area (TPSA) is 64.7 Å². The summed E-state index contributed by atoms with van der Waals surface area (Å²) in [5.74, 6) is 1.77. The van der Waals surface area contributed by atoms with Gasteiger partial charge in [-0.3, -0.25) is 4.98 Å². The molecule has 5 nitrogen and oxygen atoms in total. The summed E-state index contributed by atoms with van der Waals surface area (Å²) in [6.45, 7) is 0. The minimum absolute atomic E-state index is 0.560. The van der Waals surface area contributed by atoms with Gasteiger partial charge in [0.15, 0.2) is 17.5 Å². The van der Waals surface area contributed by atoms with Gasteiger partial charge in [0.05, 0.1) is 5.52 Å². The highest BCUT2D eigenvalue weighted by Crippen LogP contribution is 2.39. The van der Waals surface area contributed by atoms with E-state index < -0.39 is 0 Å². The highest BCUT2D eigenvalue weighted by Gasteiger charge is 2.18. The van der Waals surface area contributed by atoms with Crippen molar-refractivity contribution in [3.8, 4) is 45.0 Å². The highest BCUT2D eigenvalue weighted by atomic mass is 16.3. The molecule has 0 amide bonds. The summed E-state index contributed by atoms with van der Waals surface area (Å²) in [5, 5.41) is 5.53. The lowest BCUT2D eigenvalue weighted by atomic mass is 9.92. The molecule has 0 bridgehead atoms. The predicted octanol–water partition coefficient (Wildman–Crippen LogP) is 12.9. The molecule has 3 aromatic heterocycles. The summed E-state index contributed by atoms with van der Waals surface area (Å²) in [5.41, 5.74) is 18.1. The molecule has 3 heterocycles. The van der Waals surface area contributed by atoms with Gasteiger partial charge in [-0.2, -0.15) is 0 Å². The normalized spacial score (nSPS) is 12.4. The summed E-state index contributed by atoms with van der Waals surface area (Å²) >= 11 is 0. The second kappa shape index (κ2) is 13.4. The van der Waals surface area contributed by atoms with Crippen LogP contribution in [0.3, 0.4) is 0 Å². The molecule has 57 heavy (non-hydrogen) atoms. The number of nitrogens with zero attached hydrogens (tertiary/aromatic N) is 4. The van der Waals surface area contributed by atoms with E-state index in [-0.39, 0.29) is 0 Å². The van der Waals surface area contributed by atoms with Gasteiger partial charge in [0.1, 0.15) is 11.2 Å². The molecule has 1 aliphatic rings. The Kier molecular flexibility index (Phi) is 7.65. The van der Waals surface area contributed by atoms with Crippen LogP contribution in [-0.4, -0.2) is 19.9 Å². The zero-order valence-corrected chi connectivity index (χ0v) is 30.5. The molecule has 0 atom stereocenters. The van der Waals surface area contributed by atoms with Crippen molar-refractivity contribution in [3.63, 3.8) is 0 Å². The maximum Gasteiger partial charge on any atom is 0.164 e. The van der Waals surface area contributed by atoms with E-state index in [4.69, 9.17) is 24.4 Å². The Morgan fingerprint density at radius 3 is 2.12 bits per heavy atom. The van der Waals surface area contributed by atoms with Crippen molar-refractivity contribution in [1.29, 1.82) is 0 Å². The Balaban J connectivity index is 1.02. The summed E-state index contributed by atoms with van der Waals surface area (Å²) in [7, 11) is 0. The fourth-order valence-electron chi connectivity index (χ4n) is 7.79. The average Bonchev–Trinajstić information content (AvgIpc) is 3.68. The first kappa shape index (κ1) is 32.5. The number of allylic oxidation sites excluding steroid dienone is 4. The van der Waals surface area contributed by atoms with Crippen LogP contribution in [-0.2, 0) is 0 Å². The number of para-hydroxylation sites is 2. The monoisotopic (exact) mass is 726 g/mol. The number of aromatic nitrogens is 4. The Hall–Kier alpha value is -7.94. The molecular weight excluding hydrogens is 697 g/mol. The van der Waals surface area contributed by atoms with Crippen LogP contribution in [0.2, 0.25) is 0 Å². The van der Waals surface area contributed by atoms with Gasteiger partial charge in [-0.1, -0.05) is 139 Å². The van der Waals surface area contributed by atoms with Gasteiger partial charge in [-0.15, -0.1) is 0 Å². The fourth-order valence-corrected chi connectivity index (χ4v) is 7.79.